The van der Waals surface area contributed by atoms with Gasteiger partial charge in [-0.2, -0.15) is 0 Å². The number of allylic oxidation sites excluding steroid dienone is 1. The molecule has 0 aliphatic heterocycles. The van der Waals surface area contributed by atoms with Crippen LogP contribution < -0.4 is 5.32 Å². The molecule has 9 heteroatoms. The smallest absolute Gasteiger partial charge is 0.233 e. The van der Waals surface area contributed by atoms with Gasteiger partial charge in [-0.3, -0.25) is 9.36 Å². The van der Waals surface area contributed by atoms with Gasteiger partial charge < -0.3 is 9.73 Å². The molecule has 0 fully saturated rings. The van der Waals surface area contributed by atoms with E-state index in [4.69, 9.17) is 27.6 Å². The number of nitrogens with one attached hydrogen (secondary N) is 1. The first kappa shape index (κ1) is 22.5. The molecular weight excluding hydrogens is 443 g/mol. The lowest BCUT2D eigenvalue weighted by Gasteiger charge is -2.19. The third-order valence-corrected chi connectivity index (χ3v) is 6.21. The second-order valence-corrected chi connectivity index (χ2v) is 8.90. The summed E-state index contributed by atoms with van der Waals surface area (Å²) in [5.41, 5.74) is 1.67. The molecule has 0 radical (unpaired) electrons. The van der Waals surface area contributed by atoms with Gasteiger partial charge in [-0.15, -0.1) is 16.8 Å². The average molecular weight is 465 g/mol. The maximum atomic E-state index is 12.8. The third-order valence-electron chi connectivity index (χ3n) is 4.57. The fourth-order valence-corrected chi connectivity index (χ4v) is 4.40. The Hall–Kier alpha value is -2.22. The van der Waals surface area contributed by atoms with Gasteiger partial charge in [0.2, 0.25) is 5.91 Å². The summed E-state index contributed by atoms with van der Waals surface area (Å²) >= 11 is 13.5. The molecule has 0 aliphatic rings. The molecule has 2 atom stereocenters. The summed E-state index contributed by atoms with van der Waals surface area (Å²) in [5.74, 6) is 1.30. The number of carbonyl (C=O) groups excluding carboxylic acids is 1. The Bertz CT molecular complexity index is 1060. The van der Waals surface area contributed by atoms with E-state index in [2.05, 4.69) is 22.1 Å². The second kappa shape index (κ2) is 9.73. The van der Waals surface area contributed by atoms with E-state index >= 15 is 0 Å². The molecule has 158 valence electrons. The van der Waals surface area contributed by atoms with E-state index in [1.807, 2.05) is 37.5 Å². The van der Waals surface area contributed by atoms with Crippen LogP contribution in [0.15, 0.2) is 52.8 Å². The van der Waals surface area contributed by atoms with Crippen LogP contribution in [0.25, 0.3) is 11.4 Å². The molecule has 6 nitrogen and oxygen atoms in total. The number of benzene rings is 1. The number of hydrogen-bond acceptors (Lipinski definition) is 5. The number of aromatic nitrogens is 3. The maximum absolute atomic E-state index is 12.8. The van der Waals surface area contributed by atoms with E-state index in [1.165, 1.54) is 11.8 Å². The summed E-state index contributed by atoms with van der Waals surface area (Å²) in [7, 11) is 0. The van der Waals surface area contributed by atoms with E-state index in [9.17, 15) is 4.79 Å². The molecule has 0 saturated carbocycles. The van der Waals surface area contributed by atoms with E-state index in [0.717, 1.165) is 16.9 Å². The molecule has 1 amide bonds. The van der Waals surface area contributed by atoms with Crippen LogP contribution in [0, 0.1) is 6.92 Å². The van der Waals surface area contributed by atoms with Gasteiger partial charge in [0.25, 0.3) is 0 Å². The van der Waals surface area contributed by atoms with Crippen molar-refractivity contribution >= 4 is 40.9 Å². The molecular formula is C21H22Cl2N4O2S. The standard InChI is InChI=1S/C21H22Cl2N4O2S/c1-5-9-27-19(17-8-10-29-13(17)3)25-26-21(27)30-14(4)20(28)24-12(2)16-7-6-15(22)11-18(16)23/h5-8,10-12,14H,1,9H2,2-4H3,(H,24,28)/t12-,14+/m1/s1. The van der Waals surface area contributed by atoms with Gasteiger partial charge in [0.1, 0.15) is 5.76 Å². The Labute approximate surface area is 189 Å². The van der Waals surface area contributed by atoms with Crippen molar-refractivity contribution in [3.05, 3.63) is 64.6 Å². The number of rotatable bonds is 8. The van der Waals surface area contributed by atoms with Crippen LogP contribution in [0.3, 0.4) is 0 Å². The Morgan fingerprint density at radius 3 is 2.73 bits per heavy atom. The lowest BCUT2D eigenvalue weighted by Crippen LogP contribution is -2.33. The monoisotopic (exact) mass is 464 g/mol. The number of thioether (sulfide) groups is 1. The van der Waals surface area contributed by atoms with Crippen LogP contribution in [-0.4, -0.2) is 25.9 Å². The highest BCUT2D eigenvalue weighted by Gasteiger charge is 2.23. The number of halogens is 2. The molecule has 0 aliphatic carbocycles. The molecule has 0 bridgehead atoms. The summed E-state index contributed by atoms with van der Waals surface area (Å²) in [6.45, 7) is 9.90. The van der Waals surface area contributed by atoms with Crippen molar-refractivity contribution in [2.75, 3.05) is 0 Å². The predicted molar refractivity (Wildman–Crippen MR) is 121 cm³/mol. The number of aryl methyl sites for hydroxylation is 1. The van der Waals surface area contributed by atoms with Crippen molar-refractivity contribution in [3.8, 4) is 11.4 Å². The molecule has 1 aromatic carbocycles. The second-order valence-electron chi connectivity index (χ2n) is 6.75. The molecule has 2 heterocycles. The first-order valence-electron chi connectivity index (χ1n) is 9.32. The number of furan rings is 1. The van der Waals surface area contributed by atoms with Crippen molar-refractivity contribution < 1.29 is 9.21 Å². The summed E-state index contributed by atoms with van der Waals surface area (Å²) in [4.78, 5) is 12.8. The van der Waals surface area contributed by atoms with Gasteiger partial charge >= 0.3 is 0 Å². The van der Waals surface area contributed by atoms with Gasteiger partial charge in [-0.25, -0.2) is 0 Å². The molecule has 3 rings (SSSR count). The zero-order valence-corrected chi connectivity index (χ0v) is 19.2. The van der Waals surface area contributed by atoms with E-state index < -0.39 is 5.25 Å². The first-order valence-corrected chi connectivity index (χ1v) is 11.0. The normalized spacial score (nSPS) is 13.1. The Morgan fingerprint density at radius 2 is 2.10 bits per heavy atom. The fraction of sp³-hybridized carbons (Fsp3) is 0.286. The minimum atomic E-state index is -0.399. The van der Waals surface area contributed by atoms with Crippen molar-refractivity contribution in [3.63, 3.8) is 0 Å². The van der Waals surface area contributed by atoms with Crippen molar-refractivity contribution in [2.24, 2.45) is 0 Å². The molecule has 0 spiro atoms. The molecule has 3 aromatic rings. The van der Waals surface area contributed by atoms with Crippen LogP contribution in [0.1, 0.15) is 31.2 Å². The van der Waals surface area contributed by atoms with Gasteiger partial charge in [-0.05, 0) is 44.5 Å². The third kappa shape index (κ3) is 4.91. The van der Waals surface area contributed by atoms with Crippen LogP contribution in [0.2, 0.25) is 10.0 Å². The number of nitrogens with zero attached hydrogens (tertiary/aromatic N) is 3. The van der Waals surface area contributed by atoms with Gasteiger partial charge in [-0.1, -0.05) is 47.1 Å². The number of hydrogen-bond donors (Lipinski definition) is 1. The SMILES string of the molecule is C=CCn1c(S[C@@H](C)C(=O)N[C@H](C)c2ccc(Cl)cc2Cl)nnc1-c1ccoc1C. The minimum Gasteiger partial charge on any atom is -0.469 e. The summed E-state index contributed by atoms with van der Waals surface area (Å²) in [5, 5.41) is 12.9. The minimum absolute atomic E-state index is 0.132. The fourth-order valence-electron chi connectivity index (χ4n) is 2.96. The van der Waals surface area contributed by atoms with Crippen molar-refractivity contribution in [1.82, 2.24) is 20.1 Å². The summed E-state index contributed by atoms with van der Waals surface area (Å²) < 4.78 is 7.30. The Morgan fingerprint density at radius 1 is 1.33 bits per heavy atom. The maximum Gasteiger partial charge on any atom is 0.233 e. The quantitative estimate of drug-likeness (QED) is 0.341. The van der Waals surface area contributed by atoms with Crippen LogP contribution in [0.5, 0.6) is 0 Å². The van der Waals surface area contributed by atoms with Gasteiger partial charge in [0, 0.05) is 16.6 Å². The van der Waals surface area contributed by atoms with E-state index in [0.29, 0.717) is 27.6 Å². The zero-order valence-electron chi connectivity index (χ0n) is 16.9. The number of carbonyl (C=O) groups is 1. The Kier molecular flexibility index (Phi) is 7.28. The molecule has 30 heavy (non-hydrogen) atoms. The van der Waals surface area contributed by atoms with Crippen LogP contribution >= 0.6 is 35.0 Å². The Balaban J connectivity index is 1.74. The summed E-state index contributed by atoms with van der Waals surface area (Å²) in [6, 6.07) is 6.81. The number of amides is 1. The van der Waals surface area contributed by atoms with Gasteiger partial charge in [0.05, 0.1) is 23.1 Å². The van der Waals surface area contributed by atoms with Crippen molar-refractivity contribution in [1.29, 1.82) is 0 Å². The molecule has 1 N–H and O–H groups in total. The average Bonchev–Trinajstić information content (AvgIpc) is 3.28. The van der Waals surface area contributed by atoms with Crippen molar-refractivity contribution in [2.45, 2.75) is 43.8 Å². The van der Waals surface area contributed by atoms with E-state index in [-0.39, 0.29) is 11.9 Å². The summed E-state index contributed by atoms with van der Waals surface area (Å²) in [6.07, 6.45) is 3.38. The first-order chi connectivity index (χ1) is 14.3. The molecule has 0 unspecified atom stereocenters. The van der Waals surface area contributed by atoms with Gasteiger partial charge in [0.15, 0.2) is 11.0 Å². The lowest BCUT2D eigenvalue weighted by atomic mass is 10.1. The van der Waals surface area contributed by atoms with Crippen LogP contribution in [-0.2, 0) is 11.3 Å². The largest absolute Gasteiger partial charge is 0.469 e. The lowest BCUT2D eigenvalue weighted by molar-refractivity contribution is -0.120. The highest BCUT2D eigenvalue weighted by Crippen LogP contribution is 2.30. The zero-order chi connectivity index (χ0) is 21.8. The van der Waals surface area contributed by atoms with Crippen LogP contribution in [0.4, 0.5) is 0 Å². The predicted octanol–water partition coefficient (Wildman–Crippen LogP) is 5.70. The van der Waals surface area contributed by atoms with E-state index in [1.54, 1.807) is 24.5 Å². The highest BCUT2D eigenvalue weighted by molar-refractivity contribution is 8.00. The molecule has 2 aromatic heterocycles. The highest BCUT2D eigenvalue weighted by atomic mass is 35.5. The topological polar surface area (TPSA) is 73.0 Å². The molecule has 0 saturated heterocycles.